The summed E-state index contributed by atoms with van der Waals surface area (Å²) in [6.07, 6.45) is 3.64. The Balaban J connectivity index is 1.86. The van der Waals surface area contributed by atoms with Crippen molar-refractivity contribution in [2.45, 2.75) is 76.8 Å². The van der Waals surface area contributed by atoms with Crippen LogP contribution in [0.3, 0.4) is 0 Å². The number of halogens is 2. The van der Waals surface area contributed by atoms with Gasteiger partial charge in [0.25, 0.3) is 0 Å². The fraction of sp³-hybridized carbons (Fsp3) is 0.520. The lowest BCUT2D eigenvalue weighted by Crippen LogP contribution is -2.46. The summed E-state index contributed by atoms with van der Waals surface area (Å²) in [5.41, 5.74) is 3.93. The van der Waals surface area contributed by atoms with Crippen molar-refractivity contribution in [3.63, 3.8) is 0 Å². The second-order valence-electron chi connectivity index (χ2n) is 9.68. The van der Waals surface area contributed by atoms with Gasteiger partial charge in [-0.15, -0.1) is 0 Å². The fourth-order valence-electron chi connectivity index (χ4n) is 4.10. The molecule has 1 aliphatic rings. The van der Waals surface area contributed by atoms with E-state index in [9.17, 15) is 13.6 Å². The summed E-state index contributed by atoms with van der Waals surface area (Å²) in [6.45, 7) is 8.44. The summed E-state index contributed by atoms with van der Waals surface area (Å²) < 4.78 is 27.1. The molecule has 1 fully saturated rings. The van der Waals surface area contributed by atoms with Gasteiger partial charge in [-0.2, -0.15) is 0 Å². The van der Waals surface area contributed by atoms with E-state index in [1.54, 1.807) is 12.4 Å². The Bertz CT molecular complexity index is 896. The van der Waals surface area contributed by atoms with Crippen LogP contribution in [0.1, 0.15) is 69.2 Å². The Morgan fingerprint density at radius 3 is 2.32 bits per heavy atom. The van der Waals surface area contributed by atoms with Gasteiger partial charge in [0.15, 0.2) is 0 Å². The zero-order valence-corrected chi connectivity index (χ0v) is 19.1. The Morgan fingerprint density at radius 1 is 1.16 bits per heavy atom. The molecule has 0 aliphatic heterocycles. The topological polar surface area (TPSA) is 45.2 Å². The third-order valence-corrected chi connectivity index (χ3v) is 6.21. The summed E-state index contributed by atoms with van der Waals surface area (Å²) in [7, 11) is 1.89. The molecule has 0 spiro atoms. The second kappa shape index (κ2) is 8.93. The number of hydrogen-bond acceptors (Lipinski definition) is 3. The molecule has 1 unspecified atom stereocenters. The van der Waals surface area contributed by atoms with Crippen LogP contribution in [-0.4, -0.2) is 29.9 Å². The molecule has 0 radical (unpaired) electrons. The molecule has 1 heterocycles. The molecule has 1 aliphatic carbocycles. The number of anilines is 1. The number of carbonyl (C=O) groups is 1. The summed E-state index contributed by atoms with van der Waals surface area (Å²) in [5.74, 6) is -2.81. The molecule has 31 heavy (non-hydrogen) atoms. The van der Waals surface area contributed by atoms with Crippen LogP contribution < -0.4 is 10.2 Å². The van der Waals surface area contributed by atoms with Gasteiger partial charge in [0.05, 0.1) is 0 Å². The van der Waals surface area contributed by atoms with Crippen molar-refractivity contribution in [3.05, 3.63) is 59.4 Å². The van der Waals surface area contributed by atoms with Crippen molar-refractivity contribution in [2.24, 2.45) is 0 Å². The number of nitrogens with one attached hydrogen (secondary N) is 1. The first kappa shape index (κ1) is 23.2. The van der Waals surface area contributed by atoms with Crippen molar-refractivity contribution in [2.75, 3.05) is 11.9 Å². The SMILES string of the molecule is Cc1ccncc1C(C(=O)NC1CCC(F)(F)CC1)N(C)c1ccc(C(C)(C)C)cc1. The van der Waals surface area contributed by atoms with Gasteiger partial charge in [0.1, 0.15) is 6.04 Å². The first-order chi connectivity index (χ1) is 14.5. The monoisotopic (exact) mass is 429 g/mol. The smallest absolute Gasteiger partial charge is 0.248 e. The number of carbonyl (C=O) groups excluding carboxylic acids is 1. The number of aromatic nitrogens is 1. The van der Waals surface area contributed by atoms with E-state index in [1.165, 1.54) is 5.56 Å². The lowest BCUT2D eigenvalue weighted by Gasteiger charge is -2.34. The summed E-state index contributed by atoms with van der Waals surface area (Å²) in [6, 6.07) is 9.26. The molecule has 0 saturated heterocycles. The van der Waals surface area contributed by atoms with Crippen molar-refractivity contribution in [1.82, 2.24) is 10.3 Å². The largest absolute Gasteiger partial charge is 0.359 e. The molecular weight excluding hydrogens is 396 g/mol. The van der Waals surface area contributed by atoms with Crippen LogP contribution in [0.15, 0.2) is 42.7 Å². The van der Waals surface area contributed by atoms with Gasteiger partial charge in [-0.3, -0.25) is 9.78 Å². The highest BCUT2D eigenvalue weighted by molar-refractivity contribution is 5.87. The maximum Gasteiger partial charge on any atom is 0.248 e. The first-order valence-corrected chi connectivity index (χ1v) is 10.9. The maximum atomic E-state index is 13.5. The van der Waals surface area contributed by atoms with Crippen LogP contribution in [0.2, 0.25) is 0 Å². The number of aryl methyl sites for hydroxylation is 1. The van der Waals surface area contributed by atoms with E-state index >= 15 is 0 Å². The predicted molar refractivity (Wildman–Crippen MR) is 121 cm³/mol. The molecule has 0 bridgehead atoms. The molecule has 3 rings (SSSR count). The van der Waals surface area contributed by atoms with Gasteiger partial charge < -0.3 is 10.2 Å². The predicted octanol–water partition coefficient (Wildman–Crippen LogP) is 5.56. The Kier molecular flexibility index (Phi) is 6.68. The maximum absolute atomic E-state index is 13.5. The molecular formula is C25H33F2N3O. The molecule has 1 atom stereocenters. The molecule has 168 valence electrons. The third kappa shape index (κ3) is 5.60. The Morgan fingerprint density at radius 2 is 1.77 bits per heavy atom. The van der Waals surface area contributed by atoms with E-state index in [0.29, 0.717) is 12.8 Å². The number of hydrogen-bond donors (Lipinski definition) is 1. The van der Waals surface area contributed by atoms with E-state index in [2.05, 4.69) is 43.2 Å². The minimum absolute atomic E-state index is 0.0386. The Labute approximate surface area is 184 Å². The van der Waals surface area contributed by atoms with Crippen molar-refractivity contribution in [1.29, 1.82) is 0 Å². The normalized spacial score (nSPS) is 17.8. The van der Waals surface area contributed by atoms with Crippen LogP contribution in [0.4, 0.5) is 14.5 Å². The number of amides is 1. The van der Waals surface area contributed by atoms with Gasteiger partial charge in [0.2, 0.25) is 11.8 Å². The van der Waals surface area contributed by atoms with E-state index in [4.69, 9.17) is 0 Å². The summed E-state index contributed by atoms with van der Waals surface area (Å²) >= 11 is 0. The minimum Gasteiger partial charge on any atom is -0.359 e. The van der Waals surface area contributed by atoms with Crippen LogP contribution in [0, 0.1) is 6.92 Å². The summed E-state index contributed by atoms with van der Waals surface area (Å²) in [5, 5.41) is 3.03. The molecule has 1 saturated carbocycles. The Hall–Kier alpha value is -2.50. The minimum atomic E-state index is -2.62. The van der Waals surface area contributed by atoms with E-state index < -0.39 is 12.0 Å². The average Bonchev–Trinajstić information content (AvgIpc) is 2.70. The first-order valence-electron chi connectivity index (χ1n) is 10.9. The fourth-order valence-corrected chi connectivity index (χ4v) is 4.10. The van der Waals surface area contributed by atoms with Crippen molar-refractivity contribution < 1.29 is 13.6 Å². The highest BCUT2D eigenvalue weighted by atomic mass is 19.3. The number of pyridine rings is 1. The van der Waals surface area contributed by atoms with Crippen LogP contribution >= 0.6 is 0 Å². The van der Waals surface area contributed by atoms with Crippen LogP contribution in [0.5, 0.6) is 0 Å². The van der Waals surface area contributed by atoms with Gasteiger partial charge in [-0.1, -0.05) is 32.9 Å². The highest BCUT2D eigenvalue weighted by Gasteiger charge is 2.37. The number of alkyl halides is 2. The molecule has 2 aromatic rings. The van der Waals surface area contributed by atoms with Gasteiger partial charge >= 0.3 is 0 Å². The van der Waals surface area contributed by atoms with E-state index in [0.717, 1.165) is 16.8 Å². The van der Waals surface area contributed by atoms with Crippen LogP contribution in [0.25, 0.3) is 0 Å². The van der Waals surface area contributed by atoms with Gasteiger partial charge in [-0.25, -0.2) is 8.78 Å². The lowest BCUT2D eigenvalue weighted by molar-refractivity contribution is -0.124. The number of benzene rings is 1. The quantitative estimate of drug-likeness (QED) is 0.677. The second-order valence-corrected chi connectivity index (χ2v) is 9.68. The number of rotatable bonds is 5. The highest BCUT2D eigenvalue weighted by Crippen LogP contribution is 2.34. The molecule has 1 N–H and O–H groups in total. The summed E-state index contributed by atoms with van der Waals surface area (Å²) in [4.78, 5) is 19.6. The zero-order valence-electron chi connectivity index (χ0n) is 19.1. The molecule has 1 aromatic heterocycles. The third-order valence-electron chi connectivity index (χ3n) is 6.21. The lowest BCUT2D eigenvalue weighted by atomic mass is 9.87. The molecule has 1 aromatic carbocycles. The number of likely N-dealkylation sites (N-methyl/N-ethyl adjacent to an activating group) is 1. The van der Waals surface area contributed by atoms with Gasteiger partial charge in [0, 0.05) is 49.6 Å². The van der Waals surface area contributed by atoms with Crippen molar-refractivity contribution >= 4 is 11.6 Å². The van der Waals surface area contributed by atoms with E-state index in [-0.39, 0.29) is 30.2 Å². The standard InChI is InChI=1S/C25H33F2N3O/c1-17-12-15-28-16-21(17)22(23(31)29-19-10-13-25(26,27)14-11-19)30(5)20-8-6-18(7-9-20)24(2,3)4/h6-9,12,15-16,19,22H,10-11,13-14H2,1-5H3,(H,29,31). The zero-order chi connectivity index (χ0) is 22.8. The molecule has 4 nitrogen and oxygen atoms in total. The van der Waals surface area contributed by atoms with Crippen LogP contribution in [-0.2, 0) is 10.2 Å². The molecule has 1 amide bonds. The van der Waals surface area contributed by atoms with E-state index in [1.807, 2.05) is 37.1 Å². The van der Waals surface area contributed by atoms with Crippen molar-refractivity contribution in [3.8, 4) is 0 Å². The average molecular weight is 430 g/mol. The number of nitrogens with zero attached hydrogens (tertiary/aromatic N) is 2. The van der Waals surface area contributed by atoms with Gasteiger partial charge in [-0.05, 0) is 54.5 Å². The molecule has 6 heteroatoms.